The van der Waals surface area contributed by atoms with E-state index in [0.717, 1.165) is 6.07 Å². The summed E-state index contributed by atoms with van der Waals surface area (Å²) in [5.74, 6) is -0.516. The number of hydrogen-bond donors (Lipinski definition) is 1. The van der Waals surface area contributed by atoms with Gasteiger partial charge in [-0.2, -0.15) is 0 Å². The average molecular weight is 368 g/mol. The summed E-state index contributed by atoms with van der Waals surface area (Å²) in [6, 6.07) is 3.67. The molecule has 0 fully saturated rings. The van der Waals surface area contributed by atoms with Crippen molar-refractivity contribution in [2.24, 2.45) is 0 Å². The Hall–Kier alpha value is -1.70. The minimum absolute atomic E-state index is 0.0658. The number of ether oxygens (including phenoxy) is 2. The summed E-state index contributed by atoms with van der Waals surface area (Å²) >= 11 is 2.95. The minimum Gasteiger partial charge on any atom is -0.481 e. The van der Waals surface area contributed by atoms with Crippen molar-refractivity contribution in [3.05, 3.63) is 35.3 Å². The third kappa shape index (κ3) is 6.07. The number of benzene rings is 1. The fourth-order valence-corrected chi connectivity index (χ4v) is 1.78. The first-order valence-electron chi connectivity index (χ1n) is 5.83. The standard InChI is InChI=1S/C13H13BrF3NO3/c1-3-6-18-12(19)8(2)20-9-4-5-11(10(14)7-9)21-13(15,16)17/h3-5,7-8H,1,6H2,2H3,(H,18,19). The van der Waals surface area contributed by atoms with E-state index in [1.165, 1.54) is 25.1 Å². The van der Waals surface area contributed by atoms with Gasteiger partial charge in [0, 0.05) is 6.54 Å². The third-order valence-corrected chi connectivity index (χ3v) is 2.85. The van der Waals surface area contributed by atoms with Gasteiger partial charge in [0.05, 0.1) is 4.47 Å². The SMILES string of the molecule is C=CCNC(=O)C(C)Oc1ccc(OC(F)(F)F)c(Br)c1. The van der Waals surface area contributed by atoms with Gasteiger partial charge >= 0.3 is 6.36 Å². The molecule has 0 aliphatic carbocycles. The van der Waals surface area contributed by atoms with Crippen molar-refractivity contribution >= 4 is 21.8 Å². The van der Waals surface area contributed by atoms with Crippen molar-refractivity contribution in [1.82, 2.24) is 5.32 Å². The maximum absolute atomic E-state index is 12.1. The molecule has 116 valence electrons. The Balaban J connectivity index is 2.71. The quantitative estimate of drug-likeness (QED) is 0.783. The number of hydrogen-bond acceptors (Lipinski definition) is 3. The zero-order chi connectivity index (χ0) is 16.0. The van der Waals surface area contributed by atoms with Crippen LogP contribution >= 0.6 is 15.9 Å². The molecule has 4 nitrogen and oxygen atoms in total. The average Bonchev–Trinajstić information content (AvgIpc) is 2.37. The first-order valence-corrected chi connectivity index (χ1v) is 6.63. The van der Waals surface area contributed by atoms with E-state index in [4.69, 9.17) is 4.74 Å². The zero-order valence-corrected chi connectivity index (χ0v) is 12.6. The summed E-state index contributed by atoms with van der Waals surface area (Å²) in [4.78, 5) is 11.6. The lowest BCUT2D eigenvalue weighted by Crippen LogP contribution is -2.36. The summed E-state index contributed by atoms with van der Waals surface area (Å²) in [5.41, 5.74) is 0. The molecule has 0 heterocycles. The van der Waals surface area contributed by atoms with Gasteiger partial charge in [0.25, 0.3) is 5.91 Å². The molecule has 8 heteroatoms. The fraction of sp³-hybridized carbons (Fsp3) is 0.308. The first kappa shape index (κ1) is 17.4. The van der Waals surface area contributed by atoms with Crippen LogP contribution in [0.15, 0.2) is 35.3 Å². The van der Waals surface area contributed by atoms with Crippen molar-refractivity contribution in [2.75, 3.05) is 6.54 Å². The van der Waals surface area contributed by atoms with Gasteiger partial charge in [0.1, 0.15) is 11.5 Å². The molecule has 0 spiro atoms. The smallest absolute Gasteiger partial charge is 0.481 e. The lowest BCUT2D eigenvalue weighted by atomic mass is 10.3. The van der Waals surface area contributed by atoms with Gasteiger partial charge in [-0.1, -0.05) is 6.08 Å². The van der Waals surface area contributed by atoms with E-state index in [9.17, 15) is 18.0 Å². The molecule has 1 aromatic rings. The van der Waals surface area contributed by atoms with Crippen molar-refractivity contribution < 1.29 is 27.4 Å². The lowest BCUT2D eigenvalue weighted by molar-refractivity contribution is -0.274. The molecule has 1 unspecified atom stereocenters. The molecule has 1 atom stereocenters. The molecule has 0 bridgehead atoms. The predicted molar refractivity (Wildman–Crippen MR) is 74.1 cm³/mol. The number of carbonyl (C=O) groups excluding carboxylic acids is 1. The van der Waals surface area contributed by atoms with E-state index in [2.05, 4.69) is 32.6 Å². The number of rotatable bonds is 6. The second-order valence-electron chi connectivity index (χ2n) is 3.93. The summed E-state index contributed by atoms with van der Waals surface area (Å²) in [5, 5.41) is 2.54. The highest BCUT2D eigenvalue weighted by atomic mass is 79.9. The molecular weight excluding hydrogens is 355 g/mol. The van der Waals surface area contributed by atoms with Crippen LogP contribution in [0.25, 0.3) is 0 Å². The van der Waals surface area contributed by atoms with E-state index >= 15 is 0 Å². The van der Waals surface area contributed by atoms with Gasteiger partial charge in [-0.15, -0.1) is 19.8 Å². The van der Waals surface area contributed by atoms with Crippen LogP contribution in [0.5, 0.6) is 11.5 Å². The predicted octanol–water partition coefficient (Wildman–Crippen LogP) is 3.42. The Morgan fingerprint density at radius 1 is 1.52 bits per heavy atom. The molecule has 0 radical (unpaired) electrons. The maximum Gasteiger partial charge on any atom is 0.573 e. The molecule has 0 aliphatic heterocycles. The van der Waals surface area contributed by atoms with Crippen molar-refractivity contribution in [3.63, 3.8) is 0 Å². The summed E-state index contributed by atoms with van der Waals surface area (Å²) in [6.07, 6.45) is -4.06. The Morgan fingerprint density at radius 2 is 2.19 bits per heavy atom. The van der Waals surface area contributed by atoms with Gasteiger partial charge in [0.2, 0.25) is 0 Å². The Kier molecular flexibility index (Phi) is 6.07. The fourth-order valence-electron chi connectivity index (χ4n) is 1.34. The van der Waals surface area contributed by atoms with Crippen LogP contribution in [-0.4, -0.2) is 24.9 Å². The molecule has 1 amide bonds. The Morgan fingerprint density at radius 3 is 2.71 bits per heavy atom. The second kappa shape index (κ2) is 7.35. The zero-order valence-electron chi connectivity index (χ0n) is 11.0. The van der Waals surface area contributed by atoms with E-state index in [0.29, 0.717) is 6.54 Å². The first-order chi connectivity index (χ1) is 9.73. The number of amides is 1. The second-order valence-corrected chi connectivity index (χ2v) is 4.79. The Bertz CT molecular complexity index is 520. The van der Waals surface area contributed by atoms with E-state index in [1.54, 1.807) is 0 Å². The van der Waals surface area contributed by atoms with Gasteiger partial charge < -0.3 is 14.8 Å². The molecule has 1 aromatic carbocycles. The van der Waals surface area contributed by atoms with E-state index in [-0.39, 0.29) is 16.1 Å². The van der Waals surface area contributed by atoms with Gasteiger partial charge in [0.15, 0.2) is 6.10 Å². The lowest BCUT2D eigenvalue weighted by Gasteiger charge is -2.15. The summed E-state index contributed by atoms with van der Waals surface area (Å²) in [6.45, 7) is 5.28. The molecule has 0 aliphatic rings. The van der Waals surface area contributed by atoms with E-state index in [1.807, 2.05) is 0 Å². The summed E-state index contributed by atoms with van der Waals surface area (Å²) < 4.78 is 45.6. The molecular formula is C13H13BrF3NO3. The Labute approximate surface area is 128 Å². The molecule has 0 saturated heterocycles. The highest BCUT2D eigenvalue weighted by molar-refractivity contribution is 9.10. The molecule has 1 rings (SSSR count). The highest BCUT2D eigenvalue weighted by Gasteiger charge is 2.32. The van der Waals surface area contributed by atoms with Crippen LogP contribution in [0.1, 0.15) is 6.92 Å². The van der Waals surface area contributed by atoms with Gasteiger partial charge in [-0.05, 0) is 41.1 Å². The number of nitrogens with one attached hydrogen (secondary N) is 1. The maximum atomic E-state index is 12.1. The van der Waals surface area contributed by atoms with Crippen LogP contribution < -0.4 is 14.8 Å². The van der Waals surface area contributed by atoms with Crippen LogP contribution in [0, 0.1) is 0 Å². The number of alkyl halides is 3. The van der Waals surface area contributed by atoms with Crippen LogP contribution in [0.3, 0.4) is 0 Å². The summed E-state index contributed by atoms with van der Waals surface area (Å²) in [7, 11) is 0. The van der Waals surface area contributed by atoms with Gasteiger partial charge in [-0.25, -0.2) is 0 Å². The van der Waals surface area contributed by atoms with Gasteiger partial charge in [-0.3, -0.25) is 4.79 Å². The third-order valence-electron chi connectivity index (χ3n) is 2.23. The van der Waals surface area contributed by atoms with Crippen molar-refractivity contribution in [2.45, 2.75) is 19.4 Å². The number of carbonyl (C=O) groups is 1. The van der Waals surface area contributed by atoms with E-state index < -0.39 is 18.2 Å². The topological polar surface area (TPSA) is 47.6 Å². The number of halogens is 4. The largest absolute Gasteiger partial charge is 0.573 e. The van der Waals surface area contributed by atoms with Crippen molar-refractivity contribution in [3.8, 4) is 11.5 Å². The molecule has 1 N–H and O–H groups in total. The minimum atomic E-state index is -4.78. The van der Waals surface area contributed by atoms with Crippen LogP contribution in [0.4, 0.5) is 13.2 Å². The van der Waals surface area contributed by atoms with Crippen LogP contribution in [-0.2, 0) is 4.79 Å². The van der Waals surface area contributed by atoms with Crippen molar-refractivity contribution in [1.29, 1.82) is 0 Å². The van der Waals surface area contributed by atoms with Crippen LogP contribution in [0.2, 0.25) is 0 Å². The molecule has 0 aromatic heterocycles. The molecule has 0 saturated carbocycles. The highest BCUT2D eigenvalue weighted by Crippen LogP contribution is 2.33. The molecule has 21 heavy (non-hydrogen) atoms. The normalized spacial score (nSPS) is 12.4. The monoisotopic (exact) mass is 367 g/mol.